The standard InChI is InChI=1S/C23H28ClN3O4/c1-16-4-6-17(7-5-16)12-23(29)27-10-8-26(9-11-27)15-22(28)25-19-13-18(24)20(30-2)14-21(19)31-3/h4-7,13-14H,8-12,15H2,1-3H3,(H,25,28). The van der Waals surface area contributed by atoms with Crippen LogP contribution >= 0.6 is 11.6 Å². The molecule has 0 bridgehead atoms. The largest absolute Gasteiger partial charge is 0.495 e. The lowest BCUT2D eigenvalue weighted by Crippen LogP contribution is -2.50. The lowest BCUT2D eigenvalue weighted by Gasteiger charge is -2.34. The summed E-state index contributed by atoms with van der Waals surface area (Å²) in [5.41, 5.74) is 2.69. The second-order valence-electron chi connectivity index (χ2n) is 7.55. The van der Waals surface area contributed by atoms with E-state index in [1.807, 2.05) is 41.0 Å². The van der Waals surface area contributed by atoms with Crippen LogP contribution in [0.5, 0.6) is 11.5 Å². The van der Waals surface area contributed by atoms with Crippen molar-refractivity contribution in [3.8, 4) is 11.5 Å². The van der Waals surface area contributed by atoms with Crippen LogP contribution in [0.25, 0.3) is 0 Å². The van der Waals surface area contributed by atoms with Crippen molar-refractivity contribution in [3.63, 3.8) is 0 Å². The molecular weight excluding hydrogens is 418 g/mol. The summed E-state index contributed by atoms with van der Waals surface area (Å²) in [5, 5.41) is 3.23. The number of amides is 2. The molecule has 0 spiro atoms. The molecule has 1 saturated heterocycles. The Morgan fingerprint density at radius 2 is 1.65 bits per heavy atom. The molecule has 1 fully saturated rings. The summed E-state index contributed by atoms with van der Waals surface area (Å²) in [6, 6.07) is 11.3. The molecule has 0 unspecified atom stereocenters. The molecule has 3 rings (SSSR count). The number of rotatable bonds is 7. The number of methoxy groups -OCH3 is 2. The minimum atomic E-state index is -0.168. The molecule has 0 aromatic heterocycles. The van der Waals surface area contributed by atoms with Crippen molar-refractivity contribution in [2.75, 3.05) is 52.3 Å². The summed E-state index contributed by atoms with van der Waals surface area (Å²) in [6.07, 6.45) is 0.402. The van der Waals surface area contributed by atoms with Gasteiger partial charge in [-0.15, -0.1) is 0 Å². The van der Waals surface area contributed by atoms with E-state index in [-0.39, 0.29) is 18.4 Å². The molecule has 2 aromatic carbocycles. The van der Waals surface area contributed by atoms with Gasteiger partial charge in [0.2, 0.25) is 11.8 Å². The van der Waals surface area contributed by atoms with Crippen molar-refractivity contribution in [1.29, 1.82) is 0 Å². The van der Waals surface area contributed by atoms with Crippen LogP contribution in [0.3, 0.4) is 0 Å². The Bertz CT molecular complexity index is 925. The van der Waals surface area contributed by atoms with E-state index in [1.54, 1.807) is 12.1 Å². The van der Waals surface area contributed by atoms with Crippen molar-refractivity contribution < 1.29 is 19.1 Å². The third kappa shape index (κ3) is 6.12. The number of aryl methyl sites for hydroxylation is 1. The number of halogens is 1. The summed E-state index contributed by atoms with van der Waals surface area (Å²) in [5.74, 6) is 0.897. The fourth-order valence-corrected chi connectivity index (χ4v) is 3.74. The molecule has 1 aliphatic rings. The average molecular weight is 446 g/mol. The number of piperazine rings is 1. The fraction of sp³-hybridized carbons (Fsp3) is 0.391. The zero-order valence-corrected chi connectivity index (χ0v) is 18.9. The van der Waals surface area contributed by atoms with Gasteiger partial charge >= 0.3 is 0 Å². The number of ether oxygens (including phenoxy) is 2. The normalized spacial score (nSPS) is 14.3. The number of anilines is 1. The lowest BCUT2D eigenvalue weighted by molar-refractivity contribution is -0.132. The van der Waals surface area contributed by atoms with Gasteiger partial charge in [0, 0.05) is 32.2 Å². The van der Waals surface area contributed by atoms with E-state index in [2.05, 4.69) is 5.32 Å². The maximum absolute atomic E-state index is 12.6. The Balaban J connectivity index is 1.49. The minimum absolute atomic E-state index is 0.116. The monoisotopic (exact) mass is 445 g/mol. The number of nitrogens with one attached hydrogen (secondary N) is 1. The fourth-order valence-electron chi connectivity index (χ4n) is 3.50. The van der Waals surface area contributed by atoms with Crippen LogP contribution in [0.4, 0.5) is 5.69 Å². The van der Waals surface area contributed by atoms with Crippen molar-refractivity contribution in [2.24, 2.45) is 0 Å². The van der Waals surface area contributed by atoms with Crippen LogP contribution < -0.4 is 14.8 Å². The molecule has 8 heteroatoms. The Hall–Kier alpha value is -2.77. The number of carbonyl (C=O) groups is 2. The van der Waals surface area contributed by atoms with E-state index in [0.717, 1.165) is 5.56 Å². The van der Waals surface area contributed by atoms with E-state index in [0.29, 0.717) is 54.8 Å². The van der Waals surface area contributed by atoms with Gasteiger partial charge in [-0.05, 0) is 18.6 Å². The zero-order valence-electron chi connectivity index (χ0n) is 18.1. The Kier molecular flexibility index (Phi) is 7.76. The van der Waals surface area contributed by atoms with Crippen LogP contribution in [-0.2, 0) is 16.0 Å². The number of hydrogen-bond acceptors (Lipinski definition) is 5. The van der Waals surface area contributed by atoms with Crippen molar-refractivity contribution in [1.82, 2.24) is 9.80 Å². The molecule has 0 atom stereocenters. The summed E-state index contributed by atoms with van der Waals surface area (Å²) < 4.78 is 10.5. The first kappa shape index (κ1) is 22.9. The molecule has 2 aromatic rings. The highest BCUT2D eigenvalue weighted by molar-refractivity contribution is 6.32. The quantitative estimate of drug-likeness (QED) is 0.709. The molecule has 1 heterocycles. The predicted molar refractivity (Wildman–Crippen MR) is 121 cm³/mol. The van der Waals surface area contributed by atoms with E-state index >= 15 is 0 Å². The van der Waals surface area contributed by atoms with Gasteiger partial charge in [-0.1, -0.05) is 41.4 Å². The predicted octanol–water partition coefficient (Wildman–Crippen LogP) is 2.99. The third-order valence-corrected chi connectivity index (χ3v) is 5.61. The zero-order chi connectivity index (χ0) is 22.4. The molecule has 0 saturated carbocycles. The third-order valence-electron chi connectivity index (χ3n) is 5.32. The topological polar surface area (TPSA) is 71.1 Å². The maximum Gasteiger partial charge on any atom is 0.238 e. The van der Waals surface area contributed by atoms with Crippen LogP contribution in [0.2, 0.25) is 5.02 Å². The number of hydrogen-bond donors (Lipinski definition) is 1. The van der Waals surface area contributed by atoms with Crippen LogP contribution in [0, 0.1) is 6.92 Å². The Labute approximate surface area is 187 Å². The smallest absolute Gasteiger partial charge is 0.238 e. The van der Waals surface area contributed by atoms with Gasteiger partial charge in [0.05, 0.1) is 37.9 Å². The number of carbonyl (C=O) groups excluding carboxylic acids is 2. The molecular formula is C23H28ClN3O4. The Morgan fingerprint density at radius 1 is 1.00 bits per heavy atom. The van der Waals surface area contributed by atoms with Gasteiger partial charge < -0.3 is 19.7 Å². The van der Waals surface area contributed by atoms with Crippen LogP contribution in [0.15, 0.2) is 36.4 Å². The molecule has 31 heavy (non-hydrogen) atoms. The molecule has 7 nitrogen and oxygen atoms in total. The number of benzene rings is 2. The van der Waals surface area contributed by atoms with Crippen LogP contribution in [0.1, 0.15) is 11.1 Å². The maximum atomic E-state index is 12.6. The highest BCUT2D eigenvalue weighted by Crippen LogP contribution is 2.35. The first-order valence-corrected chi connectivity index (χ1v) is 10.5. The van der Waals surface area contributed by atoms with Gasteiger partial charge in [0.1, 0.15) is 11.5 Å². The molecule has 166 valence electrons. The minimum Gasteiger partial charge on any atom is -0.495 e. The molecule has 0 aliphatic carbocycles. The van der Waals surface area contributed by atoms with Gasteiger partial charge in [-0.25, -0.2) is 0 Å². The summed E-state index contributed by atoms with van der Waals surface area (Å²) in [7, 11) is 3.04. The average Bonchev–Trinajstić information content (AvgIpc) is 2.76. The first-order chi connectivity index (χ1) is 14.9. The SMILES string of the molecule is COc1cc(OC)c(NC(=O)CN2CCN(C(=O)Cc3ccc(C)cc3)CC2)cc1Cl. The summed E-state index contributed by atoms with van der Waals surface area (Å²) in [4.78, 5) is 29.0. The molecule has 1 aliphatic heterocycles. The van der Waals surface area contributed by atoms with Gasteiger partial charge in [-0.3, -0.25) is 14.5 Å². The van der Waals surface area contributed by atoms with Gasteiger partial charge in [-0.2, -0.15) is 0 Å². The van der Waals surface area contributed by atoms with Crippen molar-refractivity contribution in [2.45, 2.75) is 13.3 Å². The highest BCUT2D eigenvalue weighted by atomic mass is 35.5. The van der Waals surface area contributed by atoms with Gasteiger partial charge in [0.25, 0.3) is 0 Å². The second-order valence-corrected chi connectivity index (χ2v) is 7.96. The van der Waals surface area contributed by atoms with E-state index in [4.69, 9.17) is 21.1 Å². The van der Waals surface area contributed by atoms with E-state index in [9.17, 15) is 9.59 Å². The van der Waals surface area contributed by atoms with E-state index in [1.165, 1.54) is 19.8 Å². The molecule has 1 N–H and O–H groups in total. The molecule has 2 amide bonds. The van der Waals surface area contributed by atoms with Crippen LogP contribution in [-0.4, -0.2) is 68.6 Å². The number of nitrogens with zero attached hydrogens (tertiary/aromatic N) is 2. The summed E-state index contributed by atoms with van der Waals surface area (Å²) >= 11 is 6.17. The molecule has 0 radical (unpaired) electrons. The first-order valence-electron chi connectivity index (χ1n) is 10.2. The van der Waals surface area contributed by atoms with E-state index < -0.39 is 0 Å². The van der Waals surface area contributed by atoms with Crippen molar-refractivity contribution in [3.05, 3.63) is 52.5 Å². The highest BCUT2D eigenvalue weighted by Gasteiger charge is 2.23. The van der Waals surface area contributed by atoms with Crippen molar-refractivity contribution >= 4 is 29.1 Å². The van der Waals surface area contributed by atoms with Gasteiger partial charge in [0.15, 0.2) is 0 Å². The second kappa shape index (κ2) is 10.5. The lowest BCUT2D eigenvalue weighted by atomic mass is 10.1. The summed E-state index contributed by atoms with van der Waals surface area (Å²) in [6.45, 7) is 4.76. The Morgan fingerprint density at radius 3 is 2.26 bits per heavy atom.